The van der Waals surface area contributed by atoms with Crippen molar-refractivity contribution in [3.63, 3.8) is 0 Å². The molecule has 0 aromatic heterocycles. The smallest absolute Gasteiger partial charge is 0.337 e. The zero-order valence-electron chi connectivity index (χ0n) is 13.9. The molecule has 0 amide bonds. The van der Waals surface area contributed by atoms with Gasteiger partial charge in [-0.3, -0.25) is 0 Å². The number of carbonyl (C=O) groups excluding carboxylic acids is 1. The summed E-state index contributed by atoms with van der Waals surface area (Å²) >= 11 is 0. The average molecular weight is 324 g/mol. The molecule has 3 atom stereocenters. The minimum Gasteiger partial charge on any atom is -0.497 e. The second-order valence-corrected chi connectivity index (χ2v) is 6.16. The topological polar surface area (TPSA) is 74.2 Å². The molecule has 128 valence electrons. The lowest BCUT2D eigenvalue weighted by molar-refractivity contribution is -0.283. The lowest BCUT2D eigenvalue weighted by Crippen LogP contribution is -2.52. The van der Waals surface area contributed by atoms with Crippen LogP contribution >= 0.6 is 0 Å². The molecular formula is C17H24O6. The van der Waals surface area contributed by atoms with Crippen LogP contribution in [0.1, 0.15) is 32.6 Å². The Bertz CT molecular complexity index is 524. The molecule has 0 spiro atoms. The van der Waals surface area contributed by atoms with E-state index in [4.69, 9.17) is 18.9 Å². The predicted octanol–water partition coefficient (Wildman–Crippen LogP) is 2.06. The molecule has 1 saturated heterocycles. The van der Waals surface area contributed by atoms with Crippen LogP contribution in [0.5, 0.6) is 5.75 Å². The minimum absolute atomic E-state index is 0.210. The zero-order valence-corrected chi connectivity index (χ0v) is 13.9. The highest BCUT2D eigenvalue weighted by atomic mass is 16.7. The van der Waals surface area contributed by atoms with E-state index in [1.165, 1.54) is 0 Å². The van der Waals surface area contributed by atoms with Gasteiger partial charge in [0.2, 0.25) is 0 Å². The van der Waals surface area contributed by atoms with Crippen molar-refractivity contribution < 1.29 is 28.8 Å². The lowest BCUT2D eigenvalue weighted by Gasteiger charge is -2.43. The van der Waals surface area contributed by atoms with Crippen LogP contribution in [0.3, 0.4) is 0 Å². The highest BCUT2D eigenvalue weighted by Gasteiger charge is 2.45. The Morgan fingerprint density at radius 3 is 2.61 bits per heavy atom. The monoisotopic (exact) mass is 324 g/mol. The molecule has 0 aliphatic carbocycles. The molecule has 1 fully saturated rings. The summed E-state index contributed by atoms with van der Waals surface area (Å²) in [6.45, 7) is 6.02. The van der Waals surface area contributed by atoms with Crippen molar-refractivity contribution in [2.24, 2.45) is 5.41 Å². The second-order valence-electron chi connectivity index (χ2n) is 6.16. The van der Waals surface area contributed by atoms with E-state index in [1.807, 2.05) is 26.0 Å². The zero-order chi connectivity index (χ0) is 17.0. The normalized spacial score (nSPS) is 24.7. The molecule has 1 aromatic carbocycles. The Hall–Kier alpha value is -1.63. The van der Waals surface area contributed by atoms with Crippen molar-refractivity contribution in [2.45, 2.75) is 39.3 Å². The number of methoxy groups -OCH3 is 1. The first-order valence-electron chi connectivity index (χ1n) is 7.64. The molecule has 0 bridgehead atoms. The first kappa shape index (κ1) is 17.7. The fourth-order valence-electron chi connectivity index (χ4n) is 2.52. The highest BCUT2D eigenvalue weighted by Crippen LogP contribution is 2.38. The molecule has 1 heterocycles. The summed E-state index contributed by atoms with van der Waals surface area (Å²) in [4.78, 5) is 11.8. The summed E-state index contributed by atoms with van der Waals surface area (Å²) in [5.41, 5.74) is 0.275. The largest absolute Gasteiger partial charge is 0.497 e. The lowest BCUT2D eigenvalue weighted by atomic mass is 9.83. The van der Waals surface area contributed by atoms with E-state index >= 15 is 0 Å². The molecule has 1 unspecified atom stereocenters. The molecule has 2 rings (SSSR count). The van der Waals surface area contributed by atoms with Crippen molar-refractivity contribution in [2.75, 3.05) is 20.3 Å². The Morgan fingerprint density at radius 1 is 1.39 bits per heavy atom. The summed E-state index contributed by atoms with van der Waals surface area (Å²) in [5.74, 6) is 0.0500. The van der Waals surface area contributed by atoms with E-state index in [0.717, 1.165) is 11.3 Å². The number of hydrogen-bond donors (Lipinski definition) is 1. The number of aliphatic hydroxyl groups excluding tert-OH is 1. The quantitative estimate of drug-likeness (QED) is 0.836. The van der Waals surface area contributed by atoms with Gasteiger partial charge in [0.25, 0.3) is 0 Å². The molecule has 1 aromatic rings. The van der Waals surface area contributed by atoms with E-state index in [2.05, 4.69) is 0 Å². The fraction of sp³-hybridized carbons (Fsp3) is 0.588. The van der Waals surface area contributed by atoms with Gasteiger partial charge in [0.05, 0.1) is 20.3 Å². The Balaban J connectivity index is 2.15. The van der Waals surface area contributed by atoms with Gasteiger partial charge in [-0.05, 0) is 19.1 Å². The first-order valence-corrected chi connectivity index (χ1v) is 7.64. The van der Waals surface area contributed by atoms with E-state index in [1.54, 1.807) is 26.2 Å². The van der Waals surface area contributed by atoms with Gasteiger partial charge in [-0.2, -0.15) is 0 Å². The van der Waals surface area contributed by atoms with E-state index in [0.29, 0.717) is 6.61 Å². The van der Waals surface area contributed by atoms with Crippen LogP contribution in [0, 0.1) is 5.41 Å². The maximum absolute atomic E-state index is 11.8. The number of aliphatic hydroxyl groups is 1. The molecule has 1 aliphatic heterocycles. The highest BCUT2D eigenvalue weighted by molar-refractivity contribution is 5.75. The second kappa shape index (κ2) is 7.29. The summed E-state index contributed by atoms with van der Waals surface area (Å²) < 4.78 is 21.6. The number of carbonyl (C=O) groups is 1. The summed E-state index contributed by atoms with van der Waals surface area (Å²) in [6.07, 6.45) is -2.72. The van der Waals surface area contributed by atoms with Gasteiger partial charge in [-0.15, -0.1) is 0 Å². The van der Waals surface area contributed by atoms with Gasteiger partial charge >= 0.3 is 5.97 Å². The van der Waals surface area contributed by atoms with Gasteiger partial charge in [0, 0.05) is 11.0 Å². The van der Waals surface area contributed by atoms with Crippen LogP contribution in [0.25, 0.3) is 0 Å². The first-order chi connectivity index (χ1) is 10.9. The Kier molecular flexibility index (Phi) is 5.62. The summed E-state index contributed by atoms with van der Waals surface area (Å²) in [7, 11) is 1.59. The minimum atomic E-state index is -1.35. The van der Waals surface area contributed by atoms with Gasteiger partial charge in [-0.1, -0.05) is 26.0 Å². The van der Waals surface area contributed by atoms with Crippen molar-refractivity contribution in [1.29, 1.82) is 0 Å². The number of esters is 1. The molecule has 6 heteroatoms. The summed E-state index contributed by atoms with van der Waals surface area (Å²) in [6, 6.07) is 7.27. The van der Waals surface area contributed by atoms with Gasteiger partial charge in [-0.25, -0.2) is 4.79 Å². The molecule has 1 N–H and O–H groups in total. The van der Waals surface area contributed by atoms with Crippen LogP contribution in [-0.2, 0) is 19.0 Å². The molecule has 6 nitrogen and oxygen atoms in total. The molecular weight excluding hydrogens is 300 g/mol. The van der Waals surface area contributed by atoms with Crippen molar-refractivity contribution in [3.05, 3.63) is 29.8 Å². The van der Waals surface area contributed by atoms with E-state index in [9.17, 15) is 9.90 Å². The van der Waals surface area contributed by atoms with Gasteiger partial charge in [0.15, 0.2) is 12.4 Å². The average Bonchev–Trinajstić information content (AvgIpc) is 2.54. The number of ether oxygens (including phenoxy) is 4. The third-order valence-electron chi connectivity index (χ3n) is 3.85. The molecule has 0 saturated carbocycles. The Labute approximate surface area is 136 Å². The van der Waals surface area contributed by atoms with Crippen LogP contribution < -0.4 is 4.74 Å². The van der Waals surface area contributed by atoms with E-state index in [-0.39, 0.29) is 6.61 Å². The van der Waals surface area contributed by atoms with Crippen LogP contribution in [-0.4, -0.2) is 43.6 Å². The van der Waals surface area contributed by atoms with Crippen LogP contribution in [0.2, 0.25) is 0 Å². The number of hydrogen-bond acceptors (Lipinski definition) is 6. The number of rotatable bonds is 5. The van der Waals surface area contributed by atoms with Gasteiger partial charge < -0.3 is 24.1 Å². The molecule has 0 radical (unpaired) electrons. The van der Waals surface area contributed by atoms with Crippen molar-refractivity contribution in [1.82, 2.24) is 0 Å². The fourth-order valence-corrected chi connectivity index (χ4v) is 2.52. The Morgan fingerprint density at radius 2 is 2.04 bits per heavy atom. The maximum atomic E-state index is 11.8. The van der Waals surface area contributed by atoms with Crippen LogP contribution in [0.15, 0.2) is 24.3 Å². The van der Waals surface area contributed by atoms with Crippen molar-refractivity contribution >= 4 is 5.97 Å². The van der Waals surface area contributed by atoms with E-state index < -0.39 is 29.9 Å². The van der Waals surface area contributed by atoms with Gasteiger partial charge in [0.1, 0.15) is 11.9 Å². The standard InChI is InChI=1S/C17H24O6/c1-5-21-15(19)13(18)14-17(2,3)10-22-16(23-14)11-6-8-12(20-4)9-7-11/h6-9,13-14,16,18H,5,10H2,1-4H3/t13-,14-,16?/m1/s1. The maximum Gasteiger partial charge on any atom is 0.337 e. The summed E-state index contributed by atoms with van der Waals surface area (Å²) in [5, 5.41) is 10.3. The third-order valence-corrected chi connectivity index (χ3v) is 3.85. The van der Waals surface area contributed by atoms with Crippen molar-refractivity contribution in [3.8, 4) is 5.75 Å². The SMILES string of the molecule is CCOC(=O)[C@H](O)[C@H]1OC(c2ccc(OC)cc2)OCC1(C)C. The molecule has 1 aliphatic rings. The third kappa shape index (κ3) is 4.02. The van der Waals surface area contributed by atoms with Crippen LogP contribution in [0.4, 0.5) is 0 Å². The predicted molar refractivity (Wildman–Crippen MR) is 83.0 cm³/mol. The number of benzene rings is 1. The molecule has 23 heavy (non-hydrogen) atoms.